The van der Waals surface area contributed by atoms with Crippen LogP contribution in [0, 0.1) is 25.7 Å². The molecule has 1 heterocycles. The van der Waals surface area contributed by atoms with Gasteiger partial charge in [0.05, 0.1) is 15.6 Å². The third-order valence-electron chi connectivity index (χ3n) is 1.18. The van der Waals surface area contributed by atoms with Crippen molar-refractivity contribution in [2.75, 3.05) is 6.61 Å². The monoisotopic (exact) mass is 167 g/mol. The first kappa shape index (κ1) is 8.25. The molecule has 11 heavy (non-hydrogen) atoms. The van der Waals surface area contributed by atoms with Crippen LogP contribution < -0.4 is 0 Å². The lowest BCUT2D eigenvalue weighted by molar-refractivity contribution is 0.350. The first-order valence-electron chi connectivity index (χ1n) is 3.28. The van der Waals surface area contributed by atoms with Gasteiger partial charge in [0.2, 0.25) is 0 Å². The fourth-order valence-electron chi connectivity index (χ4n) is 0.767. The number of thiazole rings is 1. The predicted molar refractivity (Wildman–Crippen MR) is 45.6 cm³/mol. The van der Waals surface area contributed by atoms with E-state index in [9.17, 15) is 0 Å². The Morgan fingerprint density at radius 2 is 2.27 bits per heavy atom. The van der Waals surface area contributed by atoms with Crippen molar-refractivity contribution in [2.45, 2.75) is 13.8 Å². The number of aliphatic hydroxyl groups excluding tert-OH is 1. The molecule has 0 unspecified atom stereocenters. The van der Waals surface area contributed by atoms with Gasteiger partial charge in [-0.1, -0.05) is 11.8 Å². The Balaban J connectivity index is 2.94. The molecule has 58 valence electrons. The second-order valence-electron chi connectivity index (χ2n) is 2.11. The molecule has 0 aliphatic rings. The average molecular weight is 167 g/mol. The van der Waals surface area contributed by atoms with Crippen LogP contribution >= 0.6 is 11.3 Å². The largest absolute Gasteiger partial charge is 0.384 e. The number of nitrogens with zero attached hydrogens (tertiary/aromatic N) is 1. The molecule has 3 heteroatoms. The van der Waals surface area contributed by atoms with Gasteiger partial charge in [-0.25, -0.2) is 4.98 Å². The van der Waals surface area contributed by atoms with Crippen LogP contribution in [0.3, 0.4) is 0 Å². The van der Waals surface area contributed by atoms with E-state index >= 15 is 0 Å². The Bertz CT molecular complexity index is 306. The zero-order valence-corrected chi connectivity index (χ0v) is 7.33. The molecule has 0 aliphatic carbocycles. The molecule has 1 rings (SSSR count). The van der Waals surface area contributed by atoms with Gasteiger partial charge >= 0.3 is 0 Å². The topological polar surface area (TPSA) is 33.1 Å². The Kier molecular flexibility index (Phi) is 2.64. The molecule has 0 saturated carbocycles. The van der Waals surface area contributed by atoms with E-state index in [0.29, 0.717) is 0 Å². The summed E-state index contributed by atoms with van der Waals surface area (Å²) in [6, 6.07) is 0. The number of hydrogen-bond donors (Lipinski definition) is 1. The van der Waals surface area contributed by atoms with Crippen molar-refractivity contribution in [3.63, 3.8) is 0 Å². The second kappa shape index (κ2) is 3.51. The number of hydrogen-bond acceptors (Lipinski definition) is 3. The Hall–Kier alpha value is -0.850. The molecule has 0 aliphatic heterocycles. The highest BCUT2D eigenvalue weighted by Gasteiger charge is 1.99. The molecule has 0 saturated heterocycles. The molecule has 0 aromatic carbocycles. The summed E-state index contributed by atoms with van der Waals surface area (Å²) in [6.07, 6.45) is 0. The molecule has 1 N–H and O–H groups in total. The van der Waals surface area contributed by atoms with Crippen LogP contribution in [0.5, 0.6) is 0 Å². The van der Waals surface area contributed by atoms with Gasteiger partial charge in [0.15, 0.2) is 0 Å². The highest BCUT2D eigenvalue weighted by Crippen LogP contribution is 2.14. The number of aromatic nitrogens is 1. The minimum absolute atomic E-state index is 0.0869. The summed E-state index contributed by atoms with van der Waals surface area (Å²) in [5.41, 5.74) is 0.952. The molecule has 2 nitrogen and oxygen atoms in total. The minimum atomic E-state index is -0.0869. The van der Waals surface area contributed by atoms with Crippen molar-refractivity contribution >= 4 is 11.3 Å². The highest BCUT2D eigenvalue weighted by atomic mass is 32.1. The van der Waals surface area contributed by atoms with E-state index in [2.05, 4.69) is 16.8 Å². The van der Waals surface area contributed by atoms with E-state index < -0.39 is 0 Å². The van der Waals surface area contributed by atoms with E-state index in [1.165, 1.54) is 0 Å². The summed E-state index contributed by atoms with van der Waals surface area (Å²) in [5.74, 6) is 5.43. The molecule has 1 aromatic rings. The van der Waals surface area contributed by atoms with Crippen LogP contribution in [-0.4, -0.2) is 16.7 Å². The van der Waals surface area contributed by atoms with E-state index in [1.807, 2.05) is 13.8 Å². The molecule has 0 bridgehead atoms. The summed E-state index contributed by atoms with van der Waals surface area (Å²) >= 11 is 1.56. The van der Waals surface area contributed by atoms with Crippen LogP contribution in [0.2, 0.25) is 0 Å². The van der Waals surface area contributed by atoms with Gasteiger partial charge in [-0.3, -0.25) is 0 Å². The Labute approximate surface area is 69.9 Å². The molecular formula is C8H9NOS. The van der Waals surface area contributed by atoms with Gasteiger partial charge in [-0.2, -0.15) is 0 Å². The predicted octanol–water partition coefficient (Wildman–Crippen LogP) is 1.10. The SMILES string of the molecule is Cc1nc(C)c(C#CCO)s1. The van der Waals surface area contributed by atoms with Crippen LogP contribution in [0.4, 0.5) is 0 Å². The number of aliphatic hydroxyl groups is 1. The lowest BCUT2D eigenvalue weighted by Gasteiger charge is -1.79. The maximum absolute atomic E-state index is 8.44. The van der Waals surface area contributed by atoms with Crippen molar-refractivity contribution in [3.05, 3.63) is 15.6 Å². The van der Waals surface area contributed by atoms with Gasteiger partial charge in [0.25, 0.3) is 0 Å². The van der Waals surface area contributed by atoms with Crippen molar-refractivity contribution in [2.24, 2.45) is 0 Å². The van der Waals surface area contributed by atoms with Gasteiger partial charge in [0.1, 0.15) is 6.61 Å². The van der Waals surface area contributed by atoms with Crippen LogP contribution in [0.25, 0.3) is 0 Å². The number of rotatable bonds is 0. The maximum atomic E-state index is 8.44. The van der Waals surface area contributed by atoms with E-state index in [-0.39, 0.29) is 6.61 Å². The summed E-state index contributed by atoms with van der Waals surface area (Å²) in [4.78, 5) is 5.15. The van der Waals surface area contributed by atoms with Gasteiger partial charge in [-0.15, -0.1) is 11.3 Å². The first-order valence-corrected chi connectivity index (χ1v) is 4.09. The molecule has 0 radical (unpaired) electrons. The summed E-state index contributed by atoms with van der Waals surface area (Å²) < 4.78 is 0. The van der Waals surface area contributed by atoms with Crippen LogP contribution in [0.15, 0.2) is 0 Å². The molecule has 0 spiro atoms. The lowest BCUT2D eigenvalue weighted by atomic mass is 10.4. The summed E-state index contributed by atoms with van der Waals surface area (Å²) in [7, 11) is 0. The second-order valence-corrected chi connectivity index (χ2v) is 3.31. The minimum Gasteiger partial charge on any atom is -0.384 e. The zero-order chi connectivity index (χ0) is 8.27. The normalized spacial score (nSPS) is 9.00. The quantitative estimate of drug-likeness (QED) is 0.587. The van der Waals surface area contributed by atoms with E-state index in [4.69, 9.17) is 5.11 Å². The Morgan fingerprint density at radius 3 is 2.73 bits per heavy atom. The molecule has 1 aromatic heterocycles. The molecule has 0 fully saturated rings. The van der Waals surface area contributed by atoms with Crippen molar-refractivity contribution < 1.29 is 5.11 Å². The third-order valence-corrected chi connectivity index (χ3v) is 2.17. The van der Waals surface area contributed by atoms with Crippen molar-refractivity contribution in [1.29, 1.82) is 0 Å². The molecule has 0 amide bonds. The Morgan fingerprint density at radius 1 is 1.55 bits per heavy atom. The van der Waals surface area contributed by atoms with Crippen molar-refractivity contribution in [3.8, 4) is 11.8 Å². The lowest BCUT2D eigenvalue weighted by Crippen LogP contribution is -1.76. The maximum Gasteiger partial charge on any atom is 0.104 e. The fourth-order valence-corrected chi connectivity index (χ4v) is 1.56. The molecule has 0 atom stereocenters. The van der Waals surface area contributed by atoms with Gasteiger partial charge in [-0.05, 0) is 13.8 Å². The molecular weight excluding hydrogens is 158 g/mol. The summed E-state index contributed by atoms with van der Waals surface area (Å²) in [6.45, 7) is 3.78. The van der Waals surface area contributed by atoms with Crippen LogP contribution in [-0.2, 0) is 0 Å². The fraction of sp³-hybridized carbons (Fsp3) is 0.375. The van der Waals surface area contributed by atoms with Crippen molar-refractivity contribution in [1.82, 2.24) is 4.98 Å². The smallest absolute Gasteiger partial charge is 0.104 e. The number of aryl methyl sites for hydroxylation is 2. The third kappa shape index (κ3) is 2.04. The van der Waals surface area contributed by atoms with E-state index in [1.54, 1.807) is 11.3 Å². The van der Waals surface area contributed by atoms with Gasteiger partial charge < -0.3 is 5.11 Å². The van der Waals surface area contributed by atoms with Crippen LogP contribution in [0.1, 0.15) is 15.6 Å². The highest BCUT2D eigenvalue weighted by molar-refractivity contribution is 7.12. The average Bonchev–Trinajstić information content (AvgIpc) is 2.26. The standard InChI is InChI=1S/C8H9NOS/c1-6-8(4-3-5-10)11-7(2)9-6/h10H,5H2,1-2H3. The van der Waals surface area contributed by atoms with E-state index in [0.717, 1.165) is 15.6 Å². The summed E-state index contributed by atoms with van der Waals surface area (Å²) in [5, 5.41) is 9.45. The van der Waals surface area contributed by atoms with Gasteiger partial charge in [0, 0.05) is 0 Å². The first-order chi connectivity index (χ1) is 5.24. The zero-order valence-electron chi connectivity index (χ0n) is 6.51.